The van der Waals surface area contributed by atoms with Gasteiger partial charge in [-0.05, 0) is 37.5 Å². The van der Waals surface area contributed by atoms with Crippen molar-refractivity contribution in [2.45, 2.75) is 57.5 Å². The van der Waals surface area contributed by atoms with Gasteiger partial charge in [0.1, 0.15) is 5.82 Å². The Kier molecular flexibility index (Phi) is 4.45. The van der Waals surface area contributed by atoms with E-state index in [4.69, 9.17) is 0 Å². The molecule has 2 nitrogen and oxygen atoms in total. The highest BCUT2D eigenvalue weighted by molar-refractivity contribution is 5.21. The lowest BCUT2D eigenvalue weighted by molar-refractivity contribution is -0.0469. The zero-order chi connectivity index (χ0) is 14.6. The molecule has 1 aromatic carbocycles. The standard InChI is InChI=1S/C17H22FNO/c1-16(20,12-14-6-8-15(18)9-7-14)17(13-19)10-4-2-3-5-11-17/h6-9,20H,2-5,10-12H2,1H3. The number of nitriles is 1. The fraction of sp³-hybridized carbons (Fsp3) is 0.588. The minimum Gasteiger partial charge on any atom is -0.388 e. The van der Waals surface area contributed by atoms with E-state index < -0.39 is 11.0 Å². The summed E-state index contributed by atoms with van der Waals surface area (Å²) in [7, 11) is 0. The predicted octanol–water partition coefficient (Wildman–Crippen LogP) is 3.98. The van der Waals surface area contributed by atoms with Crippen LogP contribution in [0, 0.1) is 22.6 Å². The Hall–Kier alpha value is -1.40. The molecular formula is C17H22FNO. The lowest BCUT2D eigenvalue weighted by atomic mass is 9.66. The Labute approximate surface area is 120 Å². The van der Waals surface area contributed by atoms with Crippen LogP contribution in [0.5, 0.6) is 0 Å². The monoisotopic (exact) mass is 275 g/mol. The molecule has 0 heterocycles. The van der Waals surface area contributed by atoms with Gasteiger partial charge in [-0.3, -0.25) is 0 Å². The van der Waals surface area contributed by atoms with Crippen molar-refractivity contribution in [3.8, 4) is 6.07 Å². The second-order valence-corrected chi connectivity index (χ2v) is 6.19. The predicted molar refractivity (Wildman–Crippen MR) is 76.5 cm³/mol. The number of hydrogen-bond acceptors (Lipinski definition) is 2. The molecule has 1 N–H and O–H groups in total. The van der Waals surface area contributed by atoms with Gasteiger partial charge in [-0.1, -0.05) is 37.8 Å². The van der Waals surface area contributed by atoms with Crippen LogP contribution in [-0.2, 0) is 6.42 Å². The Morgan fingerprint density at radius 3 is 2.25 bits per heavy atom. The molecule has 3 heteroatoms. The summed E-state index contributed by atoms with van der Waals surface area (Å²) in [6, 6.07) is 8.58. The molecule has 0 radical (unpaired) electrons. The van der Waals surface area contributed by atoms with E-state index in [2.05, 4.69) is 6.07 Å². The molecule has 1 unspecified atom stereocenters. The molecule has 1 atom stereocenters. The molecule has 1 aromatic rings. The third-order valence-corrected chi connectivity index (χ3v) is 4.66. The average Bonchev–Trinajstić information content (AvgIpc) is 2.68. The average molecular weight is 275 g/mol. The van der Waals surface area contributed by atoms with Crippen LogP contribution in [0.2, 0.25) is 0 Å². The molecule has 2 rings (SSSR count). The number of aliphatic hydroxyl groups is 1. The van der Waals surface area contributed by atoms with Gasteiger partial charge in [-0.15, -0.1) is 0 Å². The third-order valence-electron chi connectivity index (χ3n) is 4.66. The van der Waals surface area contributed by atoms with Gasteiger partial charge in [-0.2, -0.15) is 5.26 Å². The van der Waals surface area contributed by atoms with Crippen LogP contribution in [-0.4, -0.2) is 10.7 Å². The number of hydrogen-bond donors (Lipinski definition) is 1. The largest absolute Gasteiger partial charge is 0.388 e. The van der Waals surface area contributed by atoms with Crippen molar-refractivity contribution in [3.05, 3.63) is 35.6 Å². The Bertz CT molecular complexity index is 479. The summed E-state index contributed by atoms with van der Waals surface area (Å²) in [5.74, 6) is -0.280. The molecule has 0 aromatic heterocycles. The first kappa shape index (κ1) is 15.0. The quantitative estimate of drug-likeness (QED) is 0.848. The molecule has 0 bridgehead atoms. The second kappa shape index (κ2) is 5.93. The Balaban J connectivity index is 2.22. The fourth-order valence-electron chi connectivity index (χ4n) is 3.27. The highest BCUT2D eigenvalue weighted by atomic mass is 19.1. The highest BCUT2D eigenvalue weighted by Crippen LogP contribution is 2.44. The Morgan fingerprint density at radius 1 is 1.20 bits per heavy atom. The molecule has 1 aliphatic rings. The van der Waals surface area contributed by atoms with Gasteiger partial charge in [-0.25, -0.2) is 4.39 Å². The smallest absolute Gasteiger partial charge is 0.123 e. The first-order chi connectivity index (χ1) is 9.49. The minimum absolute atomic E-state index is 0.280. The fourth-order valence-corrected chi connectivity index (χ4v) is 3.27. The van der Waals surface area contributed by atoms with Crippen molar-refractivity contribution < 1.29 is 9.50 Å². The van der Waals surface area contributed by atoms with Crippen molar-refractivity contribution in [2.24, 2.45) is 5.41 Å². The maximum atomic E-state index is 13.0. The zero-order valence-corrected chi connectivity index (χ0v) is 12.0. The first-order valence-corrected chi connectivity index (χ1v) is 7.37. The number of nitrogens with zero attached hydrogens (tertiary/aromatic N) is 1. The molecule has 20 heavy (non-hydrogen) atoms. The van der Waals surface area contributed by atoms with Crippen LogP contribution in [0.1, 0.15) is 51.0 Å². The van der Waals surface area contributed by atoms with Crippen LogP contribution >= 0.6 is 0 Å². The SMILES string of the molecule is CC(O)(Cc1ccc(F)cc1)C1(C#N)CCCCCC1. The van der Waals surface area contributed by atoms with E-state index in [1.807, 2.05) is 0 Å². The summed E-state index contributed by atoms with van der Waals surface area (Å²) in [6.07, 6.45) is 6.14. The molecule has 1 aliphatic carbocycles. The lowest BCUT2D eigenvalue weighted by Gasteiger charge is -2.40. The molecule has 0 saturated heterocycles. The van der Waals surface area contributed by atoms with Crippen molar-refractivity contribution in [1.29, 1.82) is 5.26 Å². The van der Waals surface area contributed by atoms with E-state index in [1.165, 1.54) is 12.1 Å². The second-order valence-electron chi connectivity index (χ2n) is 6.19. The van der Waals surface area contributed by atoms with Gasteiger partial charge in [0, 0.05) is 6.42 Å². The first-order valence-electron chi connectivity index (χ1n) is 7.37. The minimum atomic E-state index is -1.08. The number of benzene rings is 1. The normalized spacial score (nSPS) is 21.5. The molecule has 0 spiro atoms. The van der Waals surface area contributed by atoms with Crippen LogP contribution in [0.15, 0.2) is 24.3 Å². The molecule has 1 saturated carbocycles. The van der Waals surface area contributed by atoms with Crippen molar-refractivity contribution >= 4 is 0 Å². The summed E-state index contributed by atoms with van der Waals surface area (Å²) in [6.45, 7) is 1.75. The summed E-state index contributed by atoms with van der Waals surface area (Å²) in [5.41, 5.74) is -0.891. The summed E-state index contributed by atoms with van der Waals surface area (Å²) in [5, 5.41) is 20.6. The van der Waals surface area contributed by atoms with E-state index in [-0.39, 0.29) is 5.82 Å². The van der Waals surface area contributed by atoms with E-state index in [0.29, 0.717) is 6.42 Å². The third kappa shape index (κ3) is 3.02. The van der Waals surface area contributed by atoms with Gasteiger partial charge >= 0.3 is 0 Å². The maximum Gasteiger partial charge on any atom is 0.123 e. The van der Waals surface area contributed by atoms with Gasteiger partial charge in [0.05, 0.1) is 17.1 Å². The highest BCUT2D eigenvalue weighted by Gasteiger charge is 2.47. The molecule has 108 valence electrons. The Morgan fingerprint density at radius 2 is 1.75 bits per heavy atom. The zero-order valence-electron chi connectivity index (χ0n) is 12.0. The number of rotatable bonds is 3. The van der Waals surface area contributed by atoms with Gasteiger partial charge in [0.2, 0.25) is 0 Å². The van der Waals surface area contributed by atoms with Crippen molar-refractivity contribution in [3.63, 3.8) is 0 Å². The van der Waals surface area contributed by atoms with Crippen LogP contribution < -0.4 is 0 Å². The molecule has 0 aliphatic heterocycles. The van der Waals surface area contributed by atoms with E-state index in [0.717, 1.165) is 44.1 Å². The summed E-state index contributed by atoms with van der Waals surface area (Å²) < 4.78 is 13.0. The lowest BCUT2D eigenvalue weighted by Crippen LogP contribution is -2.46. The van der Waals surface area contributed by atoms with Crippen molar-refractivity contribution in [2.75, 3.05) is 0 Å². The van der Waals surface area contributed by atoms with Crippen molar-refractivity contribution in [1.82, 2.24) is 0 Å². The van der Waals surface area contributed by atoms with Crippen LogP contribution in [0.3, 0.4) is 0 Å². The van der Waals surface area contributed by atoms with E-state index in [1.54, 1.807) is 19.1 Å². The molecule has 1 fully saturated rings. The molecule has 0 amide bonds. The van der Waals surface area contributed by atoms with Crippen LogP contribution in [0.25, 0.3) is 0 Å². The molecular weight excluding hydrogens is 253 g/mol. The van der Waals surface area contributed by atoms with E-state index in [9.17, 15) is 14.8 Å². The van der Waals surface area contributed by atoms with Gasteiger partial charge in [0.15, 0.2) is 0 Å². The summed E-state index contributed by atoms with van der Waals surface area (Å²) >= 11 is 0. The number of halogens is 1. The topological polar surface area (TPSA) is 44.0 Å². The maximum absolute atomic E-state index is 13.0. The van der Waals surface area contributed by atoms with Gasteiger partial charge in [0.25, 0.3) is 0 Å². The van der Waals surface area contributed by atoms with E-state index >= 15 is 0 Å². The summed E-state index contributed by atoms with van der Waals surface area (Å²) in [4.78, 5) is 0. The van der Waals surface area contributed by atoms with Crippen LogP contribution in [0.4, 0.5) is 4.39 Å². The van der Waals surface area contributed by atoms with Gasteiger partial charge < -0.3 is 5.11 Å².